The van der Waals surface area contributed by atoms with Crippen molar-refractivity contribution >= 4 is 35.2 Å². The average Bonchev–Trinajstić information content (AvgIpc) is 4.26. The van der Waals surface area contributed by atoms with Gasteiger partial charge in [-0.2, -0.15) is 29.3 Å². The van der Waals surface area contributed by atoms with Crippen molar-refractivity contribution in [2.24, 2.45) is 0 Å². The van der Waals surface area contributed by atoms with Gasteiger partial charge in [0.05, 0.1) is 34.8 Å². The molecule has 6 aromatic heterocycles. The Bertz CT molecular complexity index is 2570. The number of rotatable bonds is 6. The molecule has 70 heavy (non-hydrogen) atoms. The van der Waals surface area contributed by atoms with Crippen LogP contribution in [-0.2, 0) is 77.0 Å². The number of aromatic nitrogens is 9. The minimum atomic E-state index is -0.112. The van der Waals surface area contributed by atoms with Crippen LogP contribution in [0, 0.1) is 0 Å². The molecule has 0 amide bonds. The zero-order chi connectivity index (χ0) is 47.9. The lowest BCUT2D eigenvalue weighted by molar-refractivity contribution is 0.0846. The van der Waals surface area contributed by atoms with E-state index in [0.29, 0.717) is 17.5 Å². The van der Waals surface area contributed by atoms with Crippen molar-refractivity contribution in [3.63, 3.8) is 0 Å². The van der Waals surface area contributed by atoms with Gasteiger partial charge in [0.15, 0.2) is 0 Å². The number of H-pyrrole nitrogens is 3. The number of nitrogen functional groups attached to an aromatic ring is 3. The first-order valence-corrected chi connectivity index (χ1v) is 26.4. The summed E-state index contributed by atoms with van der Waals surface area (Å²) in [4.78, 5) is 49.7. The molecule has 6 heterocycles. The van der Waals surface area contributed by atoms with E-state index in [1.54, 1.807) is 0 Å². The largest absolute Gasteiger partial charge is 0.383 e. The van der Waals surface area contributed by atoms with Crippen molar-refractivity contribution in [2.75, 3.05) is 17.2 Å². The number of nitrogens with one attached hydrogen (secondary N) is 3. The van der Waals surface area contributed by atoms with Gasteiger partial charge in [-0.15, -0.1) is 0 Å². The van der Waals surface area contributed by atoms with E-state index in [1.165, 1.54) is 48.2 Å². The van der Waals surface area contributed by atoms with Gasteiger partial charge in [-0.25, -0.2) is 0 Å². The Morgan fingerprint density at radius 2 is 0.729 bits per heavy atom. The second kappa shape index (κ2) is 20.7. The van der Waals surface area contributed by atoms with E-state index >= 15 is 0 Å². The van der Waals surface area contributed by atoms with Gasteiger partial charge in [-0.1, -0.05) is 28.2 Å². The lowest BCUT2D eigenvalue weighted by Gasteiger charge is -2.21. The van der Waals surface area contributed by atoms with Gasteiger partial charge in [-0.3, -0.25) is 14.4 Å². The Labute approximate surface area is 412 Å². The molecule has 0 saturated heterocycles. The van der Waals surface area contributed by atoms with Crippen LogP contribution in [0.4, 0.5) is 17.5 Å². The van der Waals surface area contributed by atoms with Gasteiger partial charge in [-0.05, 0) is 189 Å². The second-order valence-corrected chi connectivity index (χ2v) is 20.4. The summed E-state index contributed by atoms with van der Waals surface area (Å²) >= 11 is 0. The molecule has 0 fully saturated rings. The number of anilines is 3. The third-order valence-electron chi connectivity index (χ3n) is 16.1. The fourth-order valence-corrected chi connectivity index (χ4v) is 12.2. The molecule has 374 valence electrons. The van der Waals surface area contributed by atoms with E-state index in [9.17, 15) is 14.4 Å². The van der Waals surface area contributed by atoms with Crippen molar-refractivity contribution in [3.8, 4) is 0 Å². The van der Waals surface area contributed by atoms with Crippen LogP contribution in [0.2, 0.25) is 0 Å². The summed E-state index contributed by atoms with van der Waals surface area (Å²) in [5.74, 6) is 1.50. The SMILES string of the molecule is C.CCc1cc2c([nH]1)CCCC2C(=O)n1nc2c(c1N)CCCC2.CCc1cc2c([nH]1)CCC[C@@H]2C(=O)n1nc2c(c1N)CCCC2.CCc1cc2c([nH]1)CCC[C@H]2C(=O)n1nc2c(c1N)CCCC2. The number of aryl methyl sites for hydroxylation is 9. The van der Waals surface area contributed by atoms with Crippen molar-refractivity contribution in [2.45, 2.75) is 200 Å². The molecule has 1 unspecified atom stereocenters. The number of nitrogens with zero attached hydrogens (tertiary/aromatic N) is 6. The van der Waals surface area contributed by atoms with Gasteiger partial charge < -0.3 is 32.2 Å². The molecule has 0 bridgehead atoms. The highest BCUT2D eigenvalue weighted by Crippen LogP contribution is 2.39. The summed E-state index contributed by atoms with van der Waals surface area (Å²) in [6, 6.07) is 6.49. The minimum Gasteiger partial charge on any atom is -0.383 e. The van der Waals surface area contributed by atoms with Crippen molar-refractivity contribution in [1.82, 2.24) is 44.3 Å². The van der Waals surface area contributed by atoms with E-state index in [0.717, 1.165) is 205 Å². The molecule has 15 heteroatoms. The summed E-state index contributed by atoms with van der Waals surface area (Å²) < 4.78 is 4.48. The molecule has 0 radical (unpaired) electrons. The van der Waals surface area contributed by atoms with Gasteiger partial charge >= 0.3 is 0 Å². The molecule has 15 nitrogen and oxygen atoms in total. The first kappa shape index (κ1) is 48.9. The molecule has 3 atom stereocenters. The number of aromatic amines is 3. The summed E-state index contributed by atoms with van der Waals surface area (Å²) in [5.41, 5.74) is 35.9. The molecule has 6 aliphatic rings. The smallest absolute Gasteiger partial charge is 0.256 e. The highest BCUT2D eigenvalue weighted by atomic mass is 16.2. The quantitative estimate of drug-likeness (QED) is 0.0932. The Hall–Kier alpha value is -6.12. The Morgan fingerprint density at radius 1 is 0.457 bits per heavy atom. The van der Waals surface area contributed by atoms with Gasteiger partial charge in [0.25, 0.3) is 17.7 Å². The number of carbonyl (C=O) groups is 3. The molecule has 9 N–H and O–H groups in total. The van der Waals surface area contributed by atoms with Crippen LogP contribution in [0.25, 0.3) is 0 Å². The standard InChI is InChI=1S/3C18H24N4O.CH4/c3*1-2-11-10-14-12(7-5-9-15(14)20-11)18(23)22-17(19)13-6-3-4-8-16(13)21-22;/h3*10,12,20H,2-9,19H2,1H3;1H4/t2*12-;;/m10../s1. The molecule has 0 spiro atoms. The van der Waals surface area contributed by atoms with E-state index in [2.05, 4.69) is 69.2 Å². The topological polar surface area (TPSA) is 230 Å². The fourth-order valence-electron chi connectivity index (χ4n) is 12.2. The molecular formula is C55H76N12O3. The monoisotopic (exact) mass is 953 g/mol. The zero-order valence-corrected chi connectivity index (χ0v) is 41.1. The normalized spacial score (nSPS) is 19.8. The fraction of sp³-hybridized carbons (Fsp3) is 0.564. The van der Waals surface area contributed by atoms with Crippen LogP contribution < -0.4 is 17.2 Å². The third-order valence-corrected chi connectivity index (χ3v) is 16.1. The lowest BCUT2D eigenvalue weighted by Crippen LogP contribution is -2.25. The molecule has 6 aromatic rings. The van der Waals surface area contributed by atoms with Crippen LogP contribution >= 0.6 is 0 Å². The van der Waals surface area contributed by atoms with Gasteiger partial charge in [0, 0.05) is 50.9 Å². The maximum Gasteiger partial charge on any atom is 0.256 e. The van der Waals surface area contributed by atoms with Crippen LogP contribution in [0.5, 0.6) is 0 Å². The zero-order valence-electron chi connectivity index (χ0n) is 41.1. The van der Waals surface area contributed by atoms with Crippen LogP contribution in [0.3, 0.4) is 0 Å². The van der Waals surface area contributed by atoms with Crippen molar-refractivity contribution in [1.29, 1.82) is 0 Å². The van der Waals surface area contributed by atoms with Crippen molar-refractivity contribution < 1.29 is 14.4 Å². The highest BCUT2D eigenvalue weighted by molar-refractivity contribution is 5.90. The third kappa shape index (κ3) is 9.09. The lowest BCUT2D eigenvalue weighted by atomic mass is 9.86. The van der Waals surface area contributed by atoms with E-state index in [-0.39, 0.29) is 42.9 Å². The Balaban J connectivity index is 0.000000129. The first-order valence-electron chi connectivity index (χ1n) is 26.4. The second-order valence-electron chi connectivity index (χ2n) is 20.4. The summed E-state index contributed by atoms with van der Waals surface area (Å²) in [5, 5.41) is 13.7. The molecule has 0 aliphatic heterocycles. The van der Waals surface area contributed by atoms with Gasteiger partial charge in [0.1, 0.15) is 17.5 Å². The summed E-state index contributed by atoms with van der Waals surface area (Å²) in [7, 11) is 0. The van der Waals surface area contributed by atoms with Crippen molar-refractivity contribution in [3.05, 3.63) is 103 Å². The number of carbonyl (C=O) groups excluding carboxylic acids is 3. The van der Waals surface area contributed by atoms with Crippen LogP contribution in [0.1, 0.15) is 222 Å². The number of hydrogen-bond acceptors (Lipinski definition) is 9. The predicted octanol–water partition coefficient (Wildman–Crippen LogP) is 9.62. The Kier molecular flexibility index (Phi) is 14.4. The minimum absolute atomic E-state index is 0. The van der Waals surface area contributed by atoms with Crippen LogP contribution in [-0.4, -0.2) is 62.0 Å². The first-order chi connectivity index (χ1) is 33.6. The number of nitrogens with two attached hydrogens (primary N) is 3. The summed E-state index contributed by atoms with van der Waals surface area (Å²) in [6.45, 7) is 6.40. The number of fused-ring (bicyclic) bond motifs is 6. The van der Waals surface area contributed by atoms with E-state index < -0.39 is 0 Å². The van der Waals surface area contributed by atoms with E-state index in [4.69, 9.17) is 17.2 Å². The Morgan fingerprint density at radius 3 is 0.986 bits per heavy atom. The molecule has 0 aromatic carbocycles. The number of hydrogen-bond donors (Lipinski definition) is 6. The molecule has 12 rings (SSSR count). The molecule has 6 aliphatic carbocycles. The predicted molar refractivity (Wildman–Crippen MR) is 276 cm³/mol. The highest BCUT2D eigenvalue weighted by Gasteiger charge is 2.35. The average molecular weight is 953 g/mol. The summed E-state index contributed by atoms with van der Waals surface area (Å²) in [6.07, 6.45) is 24.3. The van der Waals surface area contributed by atoms with Gasteiger partial charge in [0.2, 0.25) is 0 Å². The molecular weight excluding hydrogens is 877 g/mol. The van der Waals surface area contributed by atoms with E-state index in [1.807, 2.05) is 0 Å². The molecule has 0 saturated carbocycles. The maximum atomic E-state index is 13.1. The van der Waals surface area contributed by atoms with Crippen LogP contribution in [0.15, 0.2) is 18.2 Å². The maximum absolute atomic E-state index is 13.1.